The molecule has 0 N–H and O–H groups in total. The van der Waals surface area contributed by atoms with Crippen LogP contribution in [0.15, 0.2) is 31.4 Å². The predicted octanol–water partition coefficient (Wildman–Crippen LogP) is 3.59. The van der Waals surface area contributed by atoms with Gasteiger partial charge in [-0.3, -0.25) is 0 Å². The van der Waals surface area contributed by atoms with Gasteiger partial charge in [-0.2, -0.15) is 0 Å². The van der Waals surface area contributed by atoms with E-state index in [2.05, 4.69) is 61.3 Å². The van der Waals surface area contributed by atoms with Gasteiger partial charge in [-0.1, -0.05) is 0 Å². The number of hydrogen-bond acceptors (Lipinski definition) is 0. The maximum absolute atomic E-state index is 4.11. The van der Waals surface area contributed by atoms with Crippen LogP contribution in [0, 0.1) is 0 Å². The molecule has 1 heterocycles. The van der Waals surface area contributed by atoms with Gasteiger partial charge >= 0.3 is 162 Å². The van der Waals surface area contributed by atoms with Crippen molar-refractivity contribution >= 4 is 18.4 Å². The van der Waals surface area contributed by atoms with E-state index in [0.29, 0.717) is 0 Å². The third kappa shape index (κ3) is 10.5. The summed E-state index contributed by atoms with van der Waals surface area (Å²) in [6.45, 7) is 13.3. The molecule has 4 heteroatoms. The molecule has 0 aliphatic rings. The van der Waals surface area contributed by atoms with Gasteiger partial charge in [0.05, 0.1) is 0 Å². The summed E-state index contributed by atoms with van der Waals surface area (Å²) in [6, 6.07) is 0. The van der Waals surface area contributed by atoms with E-state index in [1.54, 1.807) is 13.3 Å². The molecule has 1 aromatic heterocycles. The predicted molar refractivity (Wildman–Crippen MR) is 114 cm³/mol. The topological polar surface area (TPSA) is 8.81 Å². The molecule has 0 aliphatic carbocycles. The number of rotatable bonds is 16. The van der Waals surface area contributed by atoms with E-state index in [0.717, 1.165) is 6.54 Å². The monoisotopic (exact) mass is 534 g/mol. The SMILES string of the molecule is C=C[CH2][Sn]([CH2]CCC)([CH2]CCC)[CH2]CCCCC[n+]1ccn(CC)c1.[Br-]. The van der Waals surface area contributed by atoms with Crippen molar-refractivity contribution in [1.29, 1.82) is 0 Å². The van der Waals surface area contributed by atoms with E-state index in [-0.39, 0.29) is 17.0 Å². The van der Waals surface area contributed by atoms with Gasteiger partial charge < -0.3 is 17.0 Å². The van der Waals surface area contributed by atoms with Crippen LogP contribution in [-0.4, -0.2) is 22.9 Å². The second-order valence-corrected chi connectivity index (χ2v) is 21.9. The minimum absolute atomic E-state index is 0. The van der Waals surface area contributed by atoms with Crippen molar-refractivity contribution in [2.45, 2.75) is 103 Å². The zero-order valence-corrected chi connectivity index (χ0v) is 22.1. The van der Waals surface area contributed by atoms with Gasteiger partial charge in [0.15, 0.2) is 0 Å². The molecular weight excluding hydrogens is 491 g/mol. The van der Waals surface area contributed by atoms with Gasteiger partial charge in [-0.25, -0.2) is 0 Å². The second-order valence-electron chi connectivity index (χ2n) is 7.85. The fraction of sp³-hybridized carbons (Fsp3) is 0.773. The van der Waals surface area contributed by atoms with Gasteiger partial charge in [0.1, 0.15) is 0 Å². The molecule has 0 amide bonds. The number of allylic oxidation sites excluding steroid dienone is 1. The van der Waals surface area contributed by atoms with E-state index < -0.39 is 18.4 Å². The summed E-state index contributed by atoms with van der Waals surface area (Å²) in [4.78, 5) is 0. The summed E-state index contributed by atoms with van der Waals surface area (Å²) in [5.74, 6) is 0. The smallest absolute Gasteiger partial charge is 1.00 e. The second kappa shape index (κ2) is 16.2. The van der Waals surface area contributed by atoms with E-state index in [4.69, 9.17) is 0 Å². The van der Waals surface area contributed by atoms with Crippen molar-refractivity contribution in [1.82, 2.24) is 4.57 Å². The Bertz CT molecular complexity index is 451. The Morgan fingerprint density at radius 1 is 0.923 bits per heavy atom. The van der Waals surface area contributed by atoms with Crippen LogP contribution in [0.25, 0.3) is 0 Å². The maximum atomic E-state index is 4.11. The van der Waals surface area contributed by atoms with Crippen molar-refractivity contribution in [3.05, 3.63) is 31.4 Å². The molecule has 0 unspecified atom stereocenters. The normalized spacial score (nSPS) is 11.3. The molecule has 0 bridgehead atoms. The Labute approximate surface area is 178 Å². The number of aromatic nitrogens is 2. The van der Waals surface area contributed by atoms with Crippen LogP contribution in [0.4, 0.5) is 0 Å². The first-order valence-electron chi connectivity index (χ1n) is 10.9. The first-order chi connectivity index (χ1) is 12.2. The molecule has 2 nitrogen and oxygen atoms in total. The molecule has 1 rings (SSSR count). The quantitative estimate of drug-likeness (QED) is 0.133. The minimum atomic E-state index is -1.93. The minimum Gasteiger partial charge on any atom is -1.00 e. The summed E-state index contributed by atoms with van der Waals surface area (Å²) in [6.07, 6.45) is 20.2. The van der Waals surface area contributed by atoms with Crippen LogP contribution in [-0.2, 0) is 13.1 Å². The third-order valence-corrected chi connectivity index (χ3v) is 21.1. The number of imidazole rings is 1. The van der Waals surface area contributed by atoms with E-state index >= 15 is 0 Å². The molecule has 0 atom stereocenters. The van der Waals surface area contributed by atoms with Crippen LogP contribution in [0.3, 0.4) is 0 Å². The first kappa shape index (κ1) is 26.2. The van der Waals surface area contributed by atoms with Crippen molar-refractivity contribution in [2.75, 3.05) is 0 Å². The van der Waals surface area contributed by atoms with E-state index in [9.17, 15) is 0 Å². The van der Waals surface area contributed by atoms with Gasteiger partial charge in [0.25, 0.3) is 0 Å². The molecule has 0 saturated carbocycles. The zero-order chi connectivity index (χ0) is 18.4. The number of nitrogens with zero attached hydrogens (tertiary/aromatic N) is 2. The van der Waals surface area contributed by atoms with E-state index in [1.807, 2.05) is 0 Å². The fourth-order valence-corrected chi connectivity index (χ4v) is 18.8. The molecule has 0 radical (unpaired) electrons. The number of unbranched alkanes of at least 4 members (excludes halogenated alkanes) is 5. The molecule has 0 saturated heterocycles. The Hall–Kier alpha value is 0.229. The largest absolute Gasteiger partial charge is 1.00 e. The maximum Gasteiger partial charge on any atom is -1.00 e. The number of aryl methyl sites for hydroxylation is 2. The van der Waals surface area contributed by atoms with Crippen molar-refractivity contribution in [3.8, 4) is 0 Å². The van der Waals surface area contributed by atoms with Crippen molar-refractivity contribution in [3.63, 3.8) is 0 Å². The summed E-state index contributed by atoms with van der Waals surface area (Å²) in [5.41, 5.74) is 0. The van der Waals surface area contributed by atoms with Gasteiger partial charge in [-0.05, 0) is 0 Å². The van der Waals surface area contributed by atoms with E-state index in [1.165, 1.54) is 62.3 Å². The first-order valence-corrected chi connectivity index (χ1v) is 18.9. The zero-order valence-electron chi connectivity index (χ0n) is 17.7. The van der Waals surface area contributed by atoms with Crippen LogP contribution < -0.4 is 21.5 Å². The average Bonchev–Trinajstić information content (AvgIpc) is 3.09. The number of hydrogen-bond donors (Lipinski definition) is 0. The molecule has 26 heavy (non-hydrogen) atoms. The van der Waals surface area contributed by atoms with Crippen LogP contribution in [0.2, 0.25) is 17.7 Å². The molecule has 0 aliphatic heterocycles. The molecule has 1 aromatic rings. The Kier molecular flexibility index (Phi) is 16.4. The fourth-order valence-electron chi connectivity index (χ4n) is 4.00. The van der Waals surface area contributed by atoms with Crippen molar-refractivity contribution < 1.29 is 21.5 Å². The summed E-state index contributed by atoms with van der Waals surface area (Å²) in [5, 5.41) is 0. The van der Waals surface area contributed by atoms with Crippen molar-refractivity contribution in [2.24, 2.45) is 0 Å². The molecule has 0 spiro atoms. The molecular formula is C22H43BrN2Sn. The number of halogens is 1. The van der Waals surface area contributed by atoms with Gasteiger partial charge in [0, 0.05) is 0 Å². The molecule has 0 fully saturated rings. The Morgan fingerprint density at radius 2 is 1.54 bits per heavy atom. The average molecular weight is 534 g/mol. The molecule has 0 aromatic carbocycles. The standard InChI is InChI=1S/C11H20N2.2C4H9.C3H5.BrH.Sn/c1-3-5-6-7-8-13-10-9-12(4-2)11-13;2*1-3-4-2;1-3-2;;/h9-11H,1,3-8H2,2H3;2*1,3-4H2,2H3;3H,1-2H2;1H;/q+1;;;;;/p-1. The van der Waals surface area contributed by atoms with Gasteiger partial charge in [0.2, 0.25) is 0 Å². The Morgan fingerprint density at radius 3 is 2.08 bits per heavy atom. The van der Waals surface area contributed by atoms with Crippen LogP contribution in [0.1, 0.15) is 72.1 Å². The van der Waals surface area contributed by atoms with Crippen LogP contribution >= 0.6 is 0 Å². The summed E-state index contributed by atoms with van der Waals surface area (Å²) < 4.78 is 10.8. The van der Waals surface area contributed by atoms with Gasteiger partial charge in [-0.15, -0.1) is 0 Å². The summed E-state index contributed by atoms with van der Waals surface area (Å²) >= 11 is -1.93. The third-order valence-electron chi connectivity index (χ3n) is 5.68. The Balaban J connectivity index is 0.00000625. The molecule has 152 valence electrons. The summed E-state index contributed by atoms with van der Waals surface area (Å²) in [7, 11) is 0. The van der Waals surface area contributed by atoms with Crippen LogP contribution in [0.5, 0.6) is 0 Å².